The zero-order valence-electron chi connectivity index (χ0n) is 11.9. The molecule has 1 amide bonds. The van der Waals surface area contributed by atoms with Crippen molar-refractivity contribution < 1.29 is 9.90 Å². The second-order valence-corrected chi connectivity index (χ2v) is 7.42. The Labute approximate surface area is 110 Å². The van der Waals surface area contributed by atoms with Gasteiger partial charge in [0.15, 0.2) is 0 Å². The minimum atomic E-state index is -0.768. The van der Waals surface area contributed by atoms with Crippen LogP contribution in [0.3, 0.4) is 0 Å². The van der Waals surface area contributed by atoms with E-state index in [1.54, 1.807) is 4.90 Å². The molecule has 0 aromatic heterocycles. The minimum absolute atomic E-state index is 0.0214. The molecule has 2 atom stereocenters. The maximum atomic E-state index is 11.2. The van der Waals surface area contributed by atoms with Crippen LogP contribution in [0.2, 0.25) is 0 Å². The van der Waals surface area contributed by atoms with E-state index in [-0.39, 0.29) is 16.9 Å². The monoisotopic (exact) mass is 254 g/mol. The van der Waals surface area contributed by atoms with Crippen LogP contribution in [-0.4, -0.2) is 35.2 Å². The zero-order chi connectivity index (χ0) is 13.7. The van der Waals surface area contributed by atoms with Crippen molar-refractivity contribution in [2.45, 2.75) is 46.6 Å². The lowest BCUT2D eigenvalue weighted by Crippen LogP contribution is -2.74. The van der Waals surface area contributed by atoms with E-state index in [0.29, 0.717) is 11.8 Å². The number of carboxylic acid groups (broad SMARTS) is 1. The molecule has 2 fully saturated rings. The third kappa shape index (κ3) is 1.91. The molecule has 1 saturated heterocycles. The maximum Gasteiger partial charge on any atom is 0.407 e. The summed E-state index contributed by atoms with van der Waals surface area (Å²) in [5.41, 5.74) is 5.98. The Morgan fingerprint density at radius 1 is 1.50 bits per heavy atom. The van der Waals surface area contributed by atoms with Gasteiger partial charge in [-0.2, -0.15) is 0 Å². The third-order valence-corrected chi connectivity index (χ3v) is 4.96. The highest BCUT2D eigenvalue weighted by atomic mass is 16.4. The average Bonchev–Trinajstić information content (AvgIpc) is 2.09. The Hall–Kier alpha value is -0.770. The number of likely N-dealkylation sites (tertiary alicyclic amines) is 1. The van der Waals surface area contributed by atoms with Crippen LogP contribution in [0.15, 0.2) is 0 Å². The molecule has 0 bridgehead atoms. The van der Waals surface area contributed by atoms with Crippen LogP contribution in [-0.2, 0) is 0 Å². The Bertz CT molecular complexity index is 342. The summed E-state index contributed by atoms with van der Waals surface area (Å²) >= 11 is 0. The van der Waals surface area contributed by atoms with Gasteiger partial charge in [0, 0.05) is 18.0 Å². The highest BCUT2D eigenvalue weighted by Gasteiger charge is 2.64. The highest BCUT2D eigenvalue weighted by molar-refractivity contribution is 5.67. The lowest BCUT2D eigenvalue weighted by Gasteiger charge is -2.68. The van der Waals surface area contributed by atoms with Crippen molar-refractivity contribution in [1.82, 2.24) is 4.90 Å². The molecule has 1 spiro atoms. The lowest BCUT2D eigenvalue weighted by molar-refractivity contribution is -0.179. The fraction of sp³-hybridized carbons (Fsp3) is 0.929. The van der Waals surface area contributed by atoms with E-state index in [9.17, 15) is 9.90 Å². The van der Waals surface area contributed by atoms with Crippen molar-refractivity contribution in [2.24, 2.45) is 28.4 Å². The van der Waals surface area contributed by atoms with Gasteiger partial charge in [0.2, 0.25) is 0 Å². The predicted octanol–water partition coefficient (Wildman–Crippen LogP) is 2.39. The van der Waals surface area contributed by atoms with Crippen molar-refractivity contribution in [3.63, 3.8) is 0 Å². The number of hydrogen-bond donors (Lipinski definition) is 2. The van der Waals surface area contributed by atoms with Crippen molar-refractivity contribution in [1.29, 1.82) is 0 Å². The van der Waals surface area contributed by atoms with Gasteiger partial charge in [-0.05, 0) is 36.6 Å². The van der Waals surface area contributed by atoms with E-state index >= 15 is 0 Å². The number of nitrogens with two attached hydrogens (primary N) is 1. The number of carbonyl (C=O) groups is 1. The van der Waals surface area contributed by atoms with E-state index < -0.39 is 6.09 Å². The van der Waals surface area contributed by atoms with Crippen molar-refractivity contribution in [3.8, 4) is 0 Å². The molecule has 0 aromatic rings. The SMILES string of the molecule is CC(CN)C1CC2(C1)CN(C(=O)O)C2C(C)(C)C. The quantitative estimate of drug-likeness (QED) is 0.795. The summed E-state index contributed by atoms with van der Waals surface area (Å²) in [4.78, 5) is 12.9. The normalized spacial score (nSPS) is 37.1. The van der Waals surface area contributed by atoms with E-state index in [4.69, 9.17) is 5.73 Å². The molecule has 2 rings (SSSR count). The second kappa shape index (κ2) is 4.12. The van der Waals surface area contributed by atoms with Crippen LogP contribution in [0.4, 0.5) is 4.79 Å². The van der Waals surface area contributed by atoms with Gasteiger partial charge in [0.05, 0.1) is 0 Å². The molecule has 3 N–H and O–H groups in total. The van der Waals surface area contributed by atoms with Crippen molar-refractivity contribution in [2.75, 3.05) is 13.1 Å². The first-order valence-corrected chi connectivity index (χ1v) is 6.91. The summed E-state index contributed by atoms with van der Waals surface area (Å²) in [6, 6.07) is 0.170. The molecular weight excluding hydrogens is 228 g/mol. The van der Waals surface area contributed by atoms with Crippen LogP contribution in [0.25, 0.3) is 0 Å². The first kappa shape index (κ1) is 13.7. The van der Waals surface area contributed by atoms with Crippen LogP contribution >= 0.6 is 0 Å². The zero-order valence-corrected chi connectivity index (χ0v) is 11.9. The van der Waals surface area contributed by atoms with Gasteiger partial charge in [-0.15, -0.1) is 0 Å². The standard InChI is InChI=1S/C14H26N2O2/c1-9(7-15)10-5-14(6-10)8-16(12(17)18)11(14)13(2,3)4/h9-11H,5-8,15H2,1-4H3,(H,17,18). The summed E-state index contributed by atoms with van der Waals surface area (Å²) in [6.45, 7) is 10.1. The third-order valence-electron chi connectivity index (χ3n) is 4.96. The maximum absolute atomic E-state index is 11.2. The van der Waals surface area contributed by atoms with Gasteiger partial charge in [0.1, 0.15) is 0 Å². The summed E-state index contributed by atoms with van der Waals surface area (Å²) in [7, 11) is 0. The summed E-state index contributed by atoms with van der Waals surface area (Å²) < 4.78 is 0. The Kier molecular flexibility index (Phi) is 3.13. The van der Waals surface area contributed by atoms with Crippen LogP contribution in [0.1, 0.15) is 40.5 Å². The fourth-order valence-electron chi connectivity index (χ4n) is 4.23. The molecule has 4 heteroatoms. The highest BCUT2D eigenvalue weighted by Crippen LogP contribution is 2.61. The van der Waals surface area contributed by atoms with Gasteiger partial charge in [-0.25, -0.2) is 4.79 Å². The summed E-state index contributed by atoms with van der Waals surface area (Å²) in [5, 5.41) is 9.25. The van der Waals surface area contributed by atoms with E-state index in [1.807, 2.05) is 0 Å². The molecule has 1 saturated carbocycles. The number of amides is 1. The van der Waals surface area contributed by atoms with Crippen molar-refractivity contribution >= 4 is 6.09 Å². The molecule has 18 heavy (non-hydrogen) atoms. The molecular formula is C14H26N2O2. The molecule has 1 heterocycles. The molecule has 2 unspecified atom stereocenters. The summed E-state index contributed by atoms with van der Waals surface area (Å²) in [5.74, 6) is 1.26. The average molecular weight is 254 g/mol. The lowest BCUT2D eigenvalue weighted by atomic mass is 9.47. The van der Waals surface area contributed by atoms with Crippen LogP contribution < -0.4 is 5.73 Å². The molecule has 1 aliphatic heterocycles. The Morgan fingerprint density at radius 3 is 2.44 bits per heavy atom. The Balaban J connectivity index is 2.06. The molecule has 0 aromatic carbocycles. The van der Waals surface area contributed by atoms with Gasteiger partial charge < -0.3 is 15.7 Å². The van der Waals surface area contributed by atoms with Crippen LogP contribution in [0, 0.1) is 22.7 Å². The minimum Gasteiger partial charge on any atom is -0.465 e. The topological polar surface area (TPSA) is 66.6 Å². The van der Waals surface area contributed by atoms with Gasteiger partial charge in [-0.1, -0.05) is 27.7 Å². The smallest absolute Gasteiger partial charge is 0.407 e. The number of rotatable bonds is 2. The second-order valence-electron chi connectivity index (χ2n) is 7.42. The summed E-state index contributed by atoms with van der Waals surface area (Å²) in [6.07, 6.45) is 1.53. The molecule has 1 aliphatic carbocycles. The number of hydrogen-bond acceptors (Lipinski definition) is 2. The van der Waals surface area contributed by atoms with E-state index in [1.165, 1.54) is 0 Å². The Morgan fingerprint density at radius 2 is 2.06 bits per heavy atom. The van der Waals surface area contributed by atoms with E-state index in [2.05, 4.69) is 27.7 Å². The van der Waals surface area contributed by atoms with Gasteiger partial charge in [0.25, 0.3) is 0 Å². The van der Waals surface area contributed by atoms with Gasteiger partial charge in [-0.3, -0.25) is 0 Å². The molecule has 0 radical (unpaired) electrons. The first-order chi connectivity index (χ1) is 8.21. The fourth-order valence-corrected chi connectivity index (χ4v) is 4.23. The van der Waals surface area contributed by atoms with Gasteiger partial charge >= 0.3 is 6.09 Å². The molecule has 4 nitrogen and oxygen atoms in total. The molecule has 2 aliphatic rings. The van der Waals surface area contributed by atoms with Crippen LogP contribution in [0.5, 0.6) is 0 Å². The predicted molar refractivity (Wildman–Crippen MR) is 71.3 cm³/mol. The number of nitrogens with zero attached hydrogens (tertiary/aromatic N) is 1. The largest absolute Gasteiger partial charge is 0.465 e. The van der Waals surface area contributed by atoms with Crippen molar-refractivity contribution in [3.05, 3.63) is 0 Å². The first-order valence-electron chi connectivity index (χ1n) is 6.91. The molecule has 104 valence electrons. The van der Waals surface area contributed by atoms with E-state index in [0.717, 1.165) is 25.9 Å².